The molecule has 1 unspecified atom stereocenters. The van der Waals surface area contributed by atoms with Crippen molar-refractivity contribution in [3.05, 3.63) is 23.2 Å². The number of nitrogen functional groups attached to an aromatic ring is 1. The summed E-state index contributed by atoms with van der Waals surface area (Å²) in [5, 5.41) is 0.490. The first-order chi connectivity index (χ1) is 8.65. The average Bonchev–Trinajstić information content (AvgIpc) is 2.36. The molecule has 102 valence electrons. The summed E-state index contributed by atoms with van der Waals surface area (Å²) in [7, 11) is -0.949. The van der Waals surface area contributed by atoms with Crippen molar-refractivity contribution in [2.24, 2.45) is 0 Å². The highest BCUT2D eigenvalue weighted by atomic mass is 35.5. The van der Waals surface area contributed by atoms with Crippen LogP contribution in [0.25, 0.3) is 0 Å². The fourth-order valence-corrected chi connectivity index (χ4v) is 3.20. The van der Waals surface area contributed by atoms with Crippen LogP contribution in [0.3, 0.4) is 0 Å². The highest BCUT2D eigenvalue weighted by Crippen LogP contribution is 2.22. The second-order valence-electron chi connectivity index (χ2n) is 4.50. The van der Waals surface area contributed by atoms with Crippen LogP contribution in [-0.2, 0) is 10.8 Å². The molecule has 0 fully saturated rings. The Bertz CT molecular complexity index is 395. The number of rotatable bonds is 8. The van der Waals surface area contributed by atoms with Crippen LogP contribution in [0, 0.1) is 0 Å². The quantitative estimate of drug-likeness (QED) is 0.569. The van der Waals surface area contributed by atoms with Crippen LogP contribution in [0.1, 0.15) is 45.4 Å². The second kappa shape index (κ2) is 8.54. The van der Waals surface area contributed by atoms with Gasteiger partial charge in [-0.15, -0.1) is 0 Å². The molecule has 0 saturated heterocycles. The van der Waals surface area contributed by atoms with E-state index >= 15 is 0 Å². The Morgan fingerprint density at radius 3 is 2.50 bits per heavy atom. The third-order valence-corrected chi connectivity index (χ3v) is 4.68. The molecule has 1 aromatic carbocycles. The molecule has 1 atom stereocenters. The molecule has 0 aliphatic heterocycles. The molecule has 0 heterocycles. The molecular formula is C14H22ClNOS. The van der Waals surface area contributed by atoms with Gasteiger partial charge < -0.3 is 5.73 Å². The summed E-state index contributed by atoms with van der Waals surface area (Å²) >= 11 is 5.92. The number of anilines is 1. The maximum absolute atomic E-state index is 12.0. The molecule has 0 saturated carbocycles. The van der Waals surface area contributed by atoms with Gasteiger partial charge in [0.2, 0.25) is 0 Å². The van der Waals surface area contributed by atoms with E-state index in [1.54, 1.807) is 18.2 Å². The molecule has 1 rings (SSSR count). The molecule has 4 heteroatoms. The second-order valence-corrected chi connectivity index (χ2v) is 6.48. The van der Waals surface area contributed by atoms with E-state index in [2.05, 4.69) is 6.92 Å². The SMILES string of the molecule is CCCCCCCCS(=O)c1ccc(N)c(Cl)c1. The predicted molar refractivity (Wildman–Crippen MR) is 80.5 cm³/mol. The first-order valence-electron chi connectivity index (χ1n) is 6.58. The molecule has 0 aromatic heterocycles. The largest absolute Gasteiger partial charge is 0.398 e. The van der Waals surface area contributed by atoms with Crippen LogP contribution in [0.4, 0.5) is 5.69 Å². The van der Waals surface area contributed by atoms with Crippen molar-refractivity contribution in [3.8, 4) is 0 Å². The van der Waals surface area contributed by atoms with Gasteiger partial charge in [0, 0.05) is 10.6 Å². The van der Waals surface area contributed by atoms with E-state index in [-0.39, 0.29) is 0 Å². The topological polar surface area (TPSA) is 43.1 Å². The number of halogens is 1. The Kier molecular flexibility index (Phi) is 7.36. The van der Waals surface area contributed by atoms with Crippen molar-refractivity contribution in [2.45, 2.75) is 50.3 Å². The minimum atomic E-state index is -0.949. The minimum Gasteiger partial charge on any atom is -0.398 e. The molecule has 0 amide bonds. The van der Waals surface area contributed by atoms with Gasteiger partial charge in [0.25, 0.3) is 0 Å². The molecule has 0 aliphatic carbocycles. The standard InChI is InChI=1S/C14H22ClNOS/c1-2-3-4-5-6-7-10-18(17)12-8-9-14(16)13(15)11-12/h8-9,11H,2-7,10,16H2,1H3. The van der Waals surface area contributed by atoms with Crippen LogP contribution in [0.2, 0.25) is 5.02 Å². The van der Waals surface area contributed by atoms with Gasteiger partial charge in [0.1, 0.15) is 0 Å². The van der Waals surface area contributed by atoms with Crippen molar-refractivity contribution in [3.63, 3.8) is 0 Å². The fourth-order valence-electron chi connectivity index (χ4n) is 1.78. The van der Waals surface area contributed by atoms with Gasteiger partial charge in [0.05, 0.1) is 21.5 Å². The Morgan fingerprint density at radius 2 is 1.83 bits per heavy atom. The van der Waals surface area contributed by atoms with Gasteiger partial charge >= 0.3 is 0 Å². The molecule has 0 aliphatic rings. The van der Waals surface area contributed by atoms with Crippen molar-refractivity contribution in [1.29, 1.82) is 0 Å². The summed E-state index contributed by atoms with van der Waals surface area (Å²) in [5.74, 6) is 0.715. The maximum Gasteiger partial charge on any atom is 0.0647 e. The van der Waals surface area contributed by atoms with Gasteiger partial charge in [-0.05, 0) is 24.6 Å². The summed E-state index contributed by atoms with van der Waals surface area (Å²) in [4.78, 5) is 0.780. The van der Waals surface area contributed by atoms with Crippen LogP contribution in [-0.4, -0.2) is 9.96 Å². The normalized spacial score (nSPS) is 12.6. The molecule has 0 spiro atoms. The van der Waals surface area contributed by atoms with Gasteiger partial charge in [-0.25, -0.2) is 0 Å². The van der Waals surface area contributed by atoms with Crippen molar-refractivity contribution >= 4 is 28.1 Å². The van der Waals surface area contributed by atoms with Crippen molar-refractivity contribution in [2.75, 3.05) is 11.5 Å². The molecule has 0 radical (unpaired) electrons. The monoisotopic (exact) mass is 287 g/mol. The molecule has 2 N–H and O–H groups in total. The Hall–Kier alpha value is -0.540. The zero-order chi connectivity index (χ0) is 13.4. The lowest BCUT2D eigenvalue weighted by Crippen LogP contribution is -1.99. The Labute approximate surface area is 117 Å². The first-order valence-corrected chi connectivity index (χ1v) is 8.28. The van der Waals surface area contributed by atoms with E-state index in [1.807, 2.05) is 0 Å². The smallest absolute Gasteiger partial charge is 0.0647 e. The molecule has 2 nitrogen and oxygen atoms in total. The van der Waals surface area contributed by atoms with E-state index in [4.69, 9.17) is 17.3 Å². The number of nitrogens with two attached hydrogens (primary N) is 1. The van der Waals surface area contributed by atoms with Gasteiger partial charge in [-0.1, -0.05) is 50.6 Å². The fraction of sp³-hybridized carbons (Fsp3) is 0.571. The van der Waals surface area contributed by atoms with E-state index < -0.39 is 10.8 Å². The van der Waals surface area contributed by atoms with E-state index in [9.17, 15) is 4.21 Å². The summed E-state index contributed by atoms with van der Waals surface area (Å²) in [6.45, 7) is 2.21. The number of hydrogen-bond acceptors (Lipinski definition) is 2. The maximum atomic E-state index is 12.0. The average molecular weight is 288 g/mol. The van der Waals surface area contributed by atoms with E-state index in [0.717, 1.165) is 17.7 Å². The van der Waals surface area contributed by atoms with Gasteiger partial charge in [-0.3, -0.25) is 4.21 Å². The Balaban J connectivity index is 2.30. The number of hydrogen-bond donors (Lipinski definition) is 1. The van der Waals surface area contributed by atoms with Crippen LogP contribution in [0.15, 0.2) is 23.1 Å². The molecular weight excluding hydrogens is 266 g/mol. The van der Waals surface area contributed by atoms with Crippen LogP contribution < -0.4 is 5.73 Å². The number of unbranched alkanes of at least 4 members (excludes halogenated alkanes) is 5. The first kappa shape index (κ1) is 15.5. The van der Waals surface area contributed by atoms with Crippen LogP contribution in [0.5, 0.6) is 0 Å². The number of benzene rings is 1. The van der Waals surface area contributed by atoms with Crippen LogP contribution >= 0.6 is 11.6 Å². The van der Waals surface area contributed by atoms with Gasteiger partial charge in [-0.2, -0.15) is 0 Å². The van der Waals surface area contributed by atoms with Gasteiger partial charge in [0.15, 0.2) is 0 Å². The molecule has 18 heavy (non-hydrogen) atoms. The Morgan fingerprint density at radius 1 is 1.17 bits per heavy atom. The predicted octanol–water partition coefficient (Wildman–Crippen LogP) is 4.39. The third kappa shape index (κ3) is 5.40. The zero-order valence-electron chi connectivity index (χ0n) is 11.0. The lowest BCUT2D eigenvalue weighted by atomic mass is 10.1. The molecule has 1 aromatic rings. The summed E-state index contributed by atoms with van der Waals surface area (Å²) in [5.41, 5.74) is 6.16. The van der Waals surface area contributed by atoms with E-state index in [0.29, 0.717) is 16.5 Å². The summed E-state index contributed by atoms with van der Waals surface area (Å²) in [6.07, 6.45) is 7.27. The summed E-state index contributed by atoms with van der Waals surface area (Å²) < 4.78 is 12.0. The third-order valence-electron chi connectivity index (χ3n) is 2.92. The zero-order valence-corrected chi connectivity index (χ0v) is 12.5. The lowest BCUT2D eigenvalue weighted by Gasteiger charge is -2.04. The highest BCUT2D eigenvalue weighted by molar-refractivity contribution is 7.85. The van der Waals surface area contributed by atoms with E-state index in [1.165, 1.54) is 25.7 Å². The summed E-state index contributed by atoms with van der Waals surface area (Å²) in [6, 6.07) is 5.23. The molecule has 0 bridgehead atoms. The lowest BCUT2D eigenvalue weighted by molar-refractivity contribution is 0.622. The van der Waals surface area contributed by atoms with Crippen molar-refractivity contribution < 1.29 is 4.21 Å². The minimum absolute atomic E-state index is 0.490. The van der Waals surface area contributed by atoms with Crippen molar-refractivity contribution in [1.82, 2.24) is 0 Å². The highest BCUT2D eigenvalue weighted by Gasteiger charge is 2.05.